The molecular weight excluding hydrogens is 673 g/mol. The van der Waals surface area contributed by atoms with E-state index in [1.54, 1.807) is 0 Å². The standard InChI is InChI=1S/C48H86O6/c1-4-7-10-13-16-18-20-22-23-24-25-26-28-29-32-35-38-41-47(50)53-44-45(43-52-46(49)40-37-34-31-15-12-9-6-3)54-48(51)42-39-36-33-30-27-21-19-17-14-11-8-5-2/h16-19,22-23,45H,4-15,20-21,24-44H2,1-3H3/b18-16-,19-17-,23-22-. The highest BCUT2D eigenvalue weighted by molar-refractivity contribution is 5.71. The van der Waals surface area contributed by atoms with E-state index in [1.165, 1.54) is 109 Å². The van der Waals surface area contributed by atoms with Crippen molar-refractivity contribution < 1.29 is 28.6 Å². The van der Waals surface area contributed by atoms with Crippen LogP contribution >= 0.6 is 0 Å². The van der Waals surface area contributed by atoms with Crippen LogP contribution in [0, 0.1) is 0 Å². The van der Waals surface area contributed by atoms with Crippen LogP contribution in [0.15, 0.2) is 36.5 Å². The Kier molecular flexibility index (Phi) is 41.5. The summed E-state index contributed by atoms with van der Waals surface area (Å²) in [6.07, 6.45) is 48.5. The summed E-state index contributed by atoms with van der Waals surface area (Å²) < 4.78 is 16.6. The van der Waals surface area contributed by atoms with Gasteiger partial charge in [-0.3, -0.25) is 14.4 Å². The number of rotatable bonds is 41. The average Bonchev–Trinajstić information content (AvgIpc) is 3.17. The molecule has 1 atom stereocenters. The molecule has 0 aromatic carbocycles. The highest BCUT2D eigenvalue weighted by Crippen LogP contribution is 2.14. The van der Waals surface area contributed by atoms with E-state index in [4.69, 9.17) is 14.2 Å². The second-order valence-corrected chi connectivity index (χ2v) is 15.3. The van der Waals surface area contributed by atoms with Crippen LogP contribution < -0.4 is 0 Å². The van der Waals surface area contributed by atoms with Crippen molar-refractivity contribution in [3.05, 3.63) is 36.5 Å². The van der Waals surface area contributed by atoms with E-state index in [2.05, 4.69) is 57.2 Å². The van der Waals surface area contributed by atoms with Gasteiger partial charge in [-0.15, -0.1) is 0 Å². The summed E-state index contributed by atoms with van der Waals surface area (Å²) in [5.41, 5.74) is 0. The lowest BCUT2D eigenvalue weighted by Crippen LogP contribution is -2.30. The zero-order valence-electron chi connectivity index (χ0n) is 35.7. The molecule has 6 heteroatoms. The monoisotopic (exact) mass is 759 g/mol. The minimum Gasteiger partial charge on any atom is -0.462 e. The number of carbonyl (C=O) groups is 3. The normalized spacial score (nSPS) is 12.3. The summed E-state index contributed by atoms with van der Waals surface area (Å²) in [5, 5.41) is 0. The number of ether oxygens (including phenoxy) is 3. The molecule has 0 spiro atoms. The predicted molar refractivity (Wildman–Crippen MR) is 229 cm³/mol. The molecule has 0 rings (SSSR count). The van der Waals surface area contributed by atoms with Gasteiger partial charge in [0.1, 0.15) is 13.2 Å². The van der Waals surface area contributed by atoms with Crippen molar-refractivity contribution in [1.29, 1.82) is 0 Å². The molecule has 0 aliphatic carbocycles. The van der Waals surface area contributed by atoms with Crippen molar-refractivity contribution in [2.45, 2.75) is 239 Å². The second kappa shape index (κ2) is 43.4. The third-order valence-electron chi connectivity index (χ3n) is 9.87. The van der Waals surface area contributed by atoms with E-state index in [0.29, 0.717) is 19.3 Å². The van der Waals surface area contributed by atoms with Gasteiger partial charge in [0.05, 0.1) is 0 Å². The van der Waals surface area contributed by atoms with Gasteiger partial charge in [-0.1, -0.05) is 173 Å². The van der Waals surface area contributed by atoms with Crippen LogP contribution in [0.25, 0.3) is 0 Å². The topological polar surface area (TPSA) is 78.9 Å². The summed E-state index contributed by atoms with van der Waals surface area (Å²) in [6, 6.07) is 0. The van der Waals surface area contributed by atoms with Crippen LogP contribution in [0.2, 0.25) is 0 Å². The maximum atomic E-state index is 12.7. The second-order valence-electron chi connectivity index (χ2n) is 15.3. The molecule has 0 heterocycles. The van der Waals surface area contributed by atoms with Crippen LogP contribution in [0.4, 0.5) is 0 Å². The van der Waals surface area contributed by atoms with Gasteiger partial charge >= 0.3 is 17.9 Å². The molecule has 0 N–H and O–H groups in total. The first-order valence-electron chi connectivity index (χ1n) is 23.0. The fourth-order valence-corrected chi connectivity index (χ4v) is 6.35. The van der Waals surface area contributed by atoms with Crippen molar-refractivity contribution in [1.82, 2.24) is 0 Å². The fourth-order valence-electron chi connectivity index (χ4n) is 6.35. The minimum absolute atomic E-state index is 0.0771. The van der Waals surface area contributed by atoms with Crippen molar-refractivity contribution >= 4 is 17.9 Å². The number of hydrogen-bond acceptors (Lipinski definition) is 6. The number of hydrogen-bond donors (Lipinski definition) is 0. The van der Waals surface area contributed by atoms with Crippen LogP contribution in [-0.4, -0.2) is 37.2 Å². The molecule has 0 aliphatic heterocycles. The van der Waals surface area contributed by atoms with Gasteiger partial charge in [0.15, 0.2) is 6.10 Å². The summed E-state index contributed by atoms with van der Waals surface area (Å²) >= 11 is 0. The van der Waals surface area contributed by atoms with Crippen molar-refractivity contribution in [3.63, 3.8) is 0 Å². The van der Waals surface area contributed by atoms with Crippen LogP contribution in [0.3, 0.4) is 0 Å². The number of unbranched alkanes of at least 4 members (excludes halogenated alkanes) is 24. The Bertz CT molecular complexity index is 922. The lowest BCUT2D eigenvalue weighted by molar-refractivity contribution is -0.167. The molecule has 0 aromatic heterocycles. The van der Waals surface area contributed by atoms with Crippen molar-refractivity contribution in [3.8, 4) is 0 Å². The Morgan fingerprint density at radius 3 is 1.07 bits per heavy atom. The molecule has 6 nitrogen and oxygen atoms in total. The first-order chi connectivity index (χ1) is 26.5. The van der Waals surface area contributed by atoms with Crippen molar-refractivity contribution in [2.75, 3.05) is 13.2 Å². The van der Waals surface area contributed by atoms with Crippen LogP contribution in [0.1, 0.15) is 233 Å². The number of carbonyl (C=O) groups excluding carboxylic acids is 3. The van der Waals surface area contributed by atoms with Crippen LogP contribution in [-0.2, 0) is 28.6 Å². The number of esters is 3. The van der Waals surface area contributed by atoms with E-state index in [-0.39, 0.29) is 31.1 Å². The van der Waals surface area contributed by atoms with E-state index >= 15 is 0 Å². The maximum Gasteiger partial charge on any atom is 0.306 e. The Labute approximate surface area is 334 Å². The minimum atomic E-state index is -0.773. The molecule has 1 unspecified atom stereocenters. The summed E-state index contributed by atoms with van der Waals surface area (Å²) in [5.74, 6) is -0.900. The molecule has 54 heavy (non-hydrogen) atoms. The molecule has 0 saturated carbocycles. The molecule has 0 saturated heterocycles. The lowest BCUT2D eigenvalue weighted by atomic mass is 10.1. The smallest absolute Gasteiger partial charge is 0.306 e. The fraction of sp³-hybridized carbons (Fsp3) is 0.812. The predicted octanol–water partition coefficient (Wildman–Crippen LogP) is 14.6. The molecular formula is C48H86O6. The first-order valence-corrected chi connectivity index (χ1v) is 23.0. The summed E-state index contributed by atoms with van der Waals surface area (Å²) in [4.78, 5) is 37.6. The molecule has 0 aliphatic rings. The molecule has 0 bridgehead atoms. The largest absolute Gasteiger partial charge is 0.462 e. The van der Waals surface area contributed by atoms with Gasteiger partial charge in [-0.25, -0.2) is 0 Å². The zero-order valence-corrected chi connectivity index (χ0v) is 35.7. The quantitative estimate of drug-likeness (QED) is 0.0267. The highest BCUT2D eigenvalue weighted by atomic mass is 16.6. The van der Waals surface area contributed by atoms with Gasteiger partial charge < -0.3 is 14.2 Å². The summed E-state index contributed by atoms with van der Waals surface area (Å²) in [7, 11) is 0. The van der Waals surface area contributed by atoms with E-state index in [0.717, 1.165) is 83.5 Å². The molecule has 0 amide bonds. The molecule has 0 radical (unpaired) electrons. The van der Waals surface area contributed by atoms with Crippen molar-refractivity contribution in [2.24, 2.45) is 0 Å². The van der Waals surface area contributed by atoms with Gasteiger partial charge in [-0.2, -0.15) is 0 Å². The maximum absolute atomic E-state index is 12.7. The van der Waals surface area contributed by atoms with Crippen LogP contribution in [0.5, 0.6) is 0 Å². The van der Waals surface area contributed by atoms with E-state index in [9.17, 15) is 14.4 Å². The van der Waals surface area contributed by atoms with Gasteiger partial charge in [0.25, 0.3) is 0 Å². The SMILES string of the molecule is CCCCC/C=C\C/C=C\CCCCCCCCCC(=O)OCC(COC(=O)CCCCCCCCC)OC(=O)CCCCCCC/C=C\CCCCC. The van der Waals surface area contributed by atoms with E-state index < -0.39 is 6.10 Å². The third kappa shape index (κ3) is 40.8. The first kappa shape index (κ1) is 51.6. The number of allylic oxidation sites excluding steroid dienone is 6. The van der Waals surface area contributed by atoms with Gasteiger partial charge in [0.2, 0.25) is 0 Å². The highest BCUT2D eigenvalue weighted by Gasteiger charge is 2.19. The van der Waals surface area contributed by atoms with E-state index in [1.807, 2.05) is 0 Å². The molecule has 0 fully saturated rings. The molecule has 314 valence electrons. The lowest BCUT2D eigenvalue weighted by Gasteiger charge is -2.18. The Hall–Kier alpha value is -2.37. The summed E-state index contributed by atoms with van der Waals surface area (Å²) in [6.45, 7) is 6.53. The zero-order chi connectivity index (χ0) is 39.4. The average molecular weight is 759 g/mol. The third-order valence-corrected chi connectivity index (χ3v) is 9.87. The Balaban J connectivity index is 4.29. The van der Waals surface area contributed by atoms with Gasteiger partial charge in [0, 0.05) is 19.3 Å². The Morgan fingerprint density at radius 1 is 0.370 bits per heavy atom. The van der Waals surface area contributed by atoms with Gasteiger partial charge in [-0.05, 0) is 77.0 Å². The molecule has 0 aromatic rings. The Morgan fingerprint density at radius 2 is 0.667 bits per heavy atom.